The van der Waals surface area contributed by atoms with E-state index in [4.69, 9.17) is 0 Å². The van der Waals surface area contributed by atoms with Gasteiger partial charge < -0.3 is 0 Å². The predicted octanol–water partition coefficient (Wildman–Crippen LogP) is 4.78. The van der Waals surface area contributed by atoms with Crippen LogP contribution in [0, 0.1) is 0 Å². The molecule has 0 aliphatic heterocycles. The maximum atomic E-state index is 3.65. The quantitative estimate of drug-likeness (QED) is 0.487. The Hall–Kier alpha value is 0.959. The van der Waals surface area contributed by atoms with Crippen LogP contribution in [0.5, 0.6) is 0 Å². The molecule has 1 aromatic heterocycles. The van der Waals surface area contributed by atoms with Gasteiger partial charge in [0.25, 0.3) is 0 Å². The van der Waals surface area contributed by atoms with Crippen molar-refractivity contribution in [2.45, 2.75) is 45.4 Å². The molecule has 0 amide bonds. The second-order valence-corrected chi connectivity index (χ2v) is 9.73. The Morgan fingerprint density at radius 3 is 2.43 bits per heavy atom. The molecule has 0 fully saturated rings. The summed E-state index contributed by atoms with van der Waals surface area (Å²) in [6.07, 6.45) is 8.11. The number of halogens is 2. The first kappa shape index (κ1) is 13.0. The number of aryl methyl sites for hydroxylation is 1. The first-order valence-corrected chi connectivity index (χ1v) is 8.47. The molecule has 14 heavy (non-hydrogen) atoms. The predicted molar refractivity (Wildman–Crippen MR) is 71.2 cm³/mol. The van der Waals surface area contributed by atoms with E-state index in [1.165, 1.54) is 50.8 Å². The third-order valence-corrected chi connectivity index (χ3v) is 6.28. The topological polar surface area (TPSA) is 0 Å². The normalized spacial score (nSPS) is 10.8. The van der Waals surface area contributed by atoms with Gasteiger partial charge >= 0.3 is 110 Å². The molecule has 0 saturated carbocycles. The molecule has 0 aliphatic rings. The van der Waals surface area contributed by atoms with Gasteiger partial charge in [-0.15, -0.1) is 0 Å². The molecule has 0 atom stereocenters. The molecular weight excluding hydrogens is 371 g/mol. The van der Waals surface area contributed by atoms with Gasteiger partial charge in [0.2, 0.25) is 0 Å². The fourth-order valence-corrected chi connectivity index (χ4v) is 6.32. The minimum absolute atomic E-state index is 0.527. The Morgan fingerprint density at radius 1 is 1.14 bits per heavy atom. The summed E-state index contributed by atoms with van der Waals surface area (Å²) in [6, 6.07) is 2.30. The fourth-order valence-electron chi connectivity index (χ4n) is 1.46. The van der Waals surface area contributed by atoms with Crippen molar-refractivity contribution in [1.82, 2.24) is 0 Å². The van der Waals surface area contributed by atoms with E-state index in [2.05, 4.69) is 44.8 Å². The molecule has 0 aromatic carbocycles. The summed E-state index contributed by atoms with van der Waals surface area (Å²) in [5.74, 6) is 0. The average molecular weight is 387 g/mol. The molecular formula is C11H16Br2Se. The third-order valence-electron chi connectivity index (χ3n) is 2.28. The molecule has 80 valence electrons. The summed E-state index contributed by atoms with van der Waals surface area (Å²) in [5.41, 5.74) is 1.52. The van der Waals surface area contributed by atoms with E-state index in [0.29, 0.717) is 14.5 Å². The van der Waals surface area contributed by atoms with Crippen molar-refractivity contribution in [1.29, 1.82) is 0 Å². The zero-order valence-electron chi connectivity index (χ0n) is 8.48. The van der Waals surface area contributed by atoms with Crippen molar-refractivity contribution in [2.24, 2.45) is 0 Å². The zero-order valence-corrected chi connectivity index (χ0v) is 13.4. The fraction of sp³-hybridized carbons (Fsp3) is 0.636. The van der Waals surface area contributed by atoms with E-state index in [0.717, 1.165) is 0 Å². The third kappa shape index (κ3) is 4.65. The Morgan fingerprint density at radius 2 is 1.86 bits per heavy atom. The monoisotopic (exact) mass is 386 g/mol. The second kappa shape index (κ2) is 7.27. The van der Waals surface area contributed by atoms with Crippen LogP contribution in [-0.4, -0.2) is 14.5 Å². The van der Waals surface area contributed by atoms with Crippen molar-refractivity contribution in [3.8, 4) is 0 Å². The molecule has 3 heteroatoms. The summed E-state index contributed by atoms with van der Waals surface area (Å²) in [7, 11) is 0. The van der Waals surface area contributed by atoms with Crippen molar-refractivity contribution < 1.29 is 0 Å². The Labute approximate surface area is 109 Å². The van der Waals surface area contributed by atoms with Gasteiger partial charge in [0.15, 0.2) is 0 Å². The van der Waals surface area contributed by atoms with Crippen LogP contribution < -0.4 is 0 Å². The Balaban J connectivity index is 2.21. The van der Waals surface area contributed by atoms with E-state index in [-0.39, 0.29) is 0 Å². The maximum absolute atomic E-state index is 3.65. The summed E-state index contributed by atoms with van der Waals surface area (Å²) >= 11 is 7.75. The molecule has 0 bridgehead atoms. The summed E-state index contributed by atoms with van der Waals surface area (Å²) in [5, 5.41) is 0. The molecule has 1 rings (SSSR count). The molecule has 1 heterocycles. The SMILES string of the molecule is CCCCCCCc1cc(Br)[se]c1Br. The number of hydrogen-bond acceptors (Lipinski definition) is 0. The molecule has 0 nitrogen and oxygen atoms in total. The van der Waals surface area contributed by atoms with Gasteiger partial charge in [-0.25, -0.2) is 0 Å². The van der Waals surface area contributed by atoms with E-state index >= 15 is 0 Å². The van der Waals surface area contributed by atoms with Gasteiger partial charge in [0.1, 0.15) is 0 Å². The number of hydrogen-bond donors (Lipinski definition) is 0. The van der Waals surface area contributed by atoms with E-state index in [9.17, 15) is 0 Å². The van der Waals surface area contributed by atoms with Crippen LogP contribution in [0.3, 0.4) is 0 Å². The van der Waals surface area contributed by atoms with E-state index in [1.54, 1.807) is 0 Å². The van der Waals surface area contributed by atoms with Gasteiger partial charge in [0, 0.05) is 0 Å². The first-order valence-electron chi connectivity index (χ1n) is 5.17. The number of rotatable bonds is 6. The van der Waals surface area contributed by atoms with Crippen molar-refractivity contribution in [3.05, 3.63) is 18.3 Å². The van der Waals surface area contributed by atoms with Gasteiger partial charge in [0.05, 0.1) is 0 Å². The standard InChI is InChI=1S/C11H16Br2Se/c1-2-3-4-5-6-7-9-8-10(12)14-11(9)13/h8H,2-7H2,1H3. The van der Waals surface area contributed by atoms with Gasteiger partial charge in [-0.2, -0.15) is 0 Å². The van der Waals surface area contributed by atoms with Crippen LogP contribution in [0.15, 0.2) is 12.8 Å². The van der Waals surface area contributed by atoms with Crippen LogP contribution >= 0.6 is 31.9 Å². The molecule has 1 aromatic rings. The number of unbranched alkanes of at least 4 members (excludes halogenated alkanes) is 4. The van der Waals surface area contributed by atoms with Gasteiger partial charge in [-0.3, -0.25) is 0 Å². The molecule has 0 N–H and O–H groups in total. The van der Waals surface area contributed by atoms with Gasteiger partial charge in [-0.05, 0) is 0 Å². The molecule has 0 spiro atoms. The minimum atomic E-state index is 0.527. The van der Waals surface area contributed by atoms with Crippen LogP contribution in [0.25, 0.3) is 0 Å². The average Bonchev–Trinajstić information content (AvgIpc) is 2.45. The first-order chi connectivity index (χ1) is 6.74. The van der Waals surface area contributed by atoms with E-state index in [1.807, 2.05) is 0 Å². The molecule has 0 aliphatic carbocycles. The van der Waals surface area contributed by atoms with E-state index < -0.39 is 0 Å². The van der Waals surface area contributed by atoms with Crippen molar-refractivity contribution in [2.75, 3.05) is 0 Å². The van der Waals surface area contributed by atoms with Gasteiger partial charge in [-0.1, -0.05) is 0 Å². The van der Waals surface area contributed by atoms with Crippen LogP contribution in [0.1, 0.15) is 44.6 Å². The molecule has 0 saturated heterocycles. The summed E-state index contributed by atoms with van der Waals surface area (Å²) in [4.78, 5) is 0. The second-order valence-electron chi connectivity index (χ2n) is 3.51. The Kier molecular flexibility index (Phi) is 6.76. The summed E-state index contributed by atoms with van der Waals surface area (Å²) in [6.45, 7) is 2.26. The van der Waals surface area contributed by atoms with Crippen LogP contribution in [0.4, 0.5) is 0 Å². The summed E-state index contributed by atoms with van der Waals surface area (Å²) < 4.78 is 2.81. The molecule has 0 radical (unpaired) electrons. The Bertz CT molecular complexity index is 268. The zero-order chi connectivity index (χ0) is 10.4. The van der Waals surface area contributed by atoms with Crippen molar-refractivity contribution in [3.63, 3.8) is 0 Å². The van der Waals surface area contributed by atoms with Crippen LogP contribution in [0.2, 0.25) is 0 Å². The molecule has 0 unspecified atom stereocenters. The van der Waals surface area contributed by atoms with Crippen LogP contribution in [-0.2, 0) is 6.42 Å². The van der Waals surface area contributed by atoms with Crippen molar-refractivity contribution >= 4 is 46.4 Å².